The Labute approximate surface area is 154 Å². The highest BCUT2D eigenvalue weighted by Crippen LogP contribution is 2.50. The van der Waals surface area contributed by atoms with Crippen molar-refractivity contribution in [3.05, 3.63) is 64.7 Å². The van der Waals surface area contributed by atoms with Crippen molar-refractivity contribution in [1.29, 1.82) is 0 Å². The van der Waals surface area contributed by atoms with Crippen LogP contribution in [-0.4, -0.2) is 21.5 Å². The first kappa shape index (κ1) is 18.9. The van der Waals surface area contributed by atoms with Gasteiger partial charge in [0.1, 0.15) is 17.0 Å². The lowest BCUT2D eigenvalue weighted by Crippen LogP contribution is -2.56. The van der Waals surface area contributed by atoms with Crippen LogP contribution in [0.2, 0.25) is 0 Å². The van der Waals surface area contributed by atoms with Gasteiger partial charge in [0.25, 0.3) is 5.69 Å². The smallest absolute Gasteiger partial charge is 0.480 e. The number of nitrogens with one attached hydrogen (secondary N) is 1. The van der Waals surface area contributed by atoms with Crippen LogP contribution in [0.15, 0.2) is 54.6 Å². The first-order valence-electron chi connectivity index (χ1n) is 8.14. The Morgan fingerprint density at radius 2 is 1.63 bits per heavy atom. The molecule has 9 nitrogen and oxygen atoms in total. The molecular weight excluding hydrogens is 375 g/mol. The van der Waals surface area contributed by atoms with Crippen LogP contribution >= 0.6 is 7.75 Å². The van der Waals surface area contributed by atoms with Gasteiger partial charge in [-0.1, -0.05) is 18.2 Å². The number of aliphatic carboxylic acids is 1. The summed E-state index contributed by atoms with van der Waals surface area (Å²) in [6.07, 6.45) is 1.24. The van der Waals surface area contributed by atoms with E-state index in [4.69, 9.17) is 9.05 Å². The number of hydrogen-bond acceptors (Lipinski definition) is 6. The van der Waals surface area contributed by atoms with Gasteiger partial charge in [-0.3, -0.25) is 14.9 Å². The number of hydrogen-bond donors (Lipinski definition) is 2. The maximum absolute atomic E-state index is 13.3. The molecule has 1 unspecified atom stereocenters. The normalized spacial score (nSPS) is 17.2. The highest BCUT2D eigenvalue weighted by molar-refractivity contribution is 7.52. The molecule has 0 heterocycles. The molecule has 0 radical (unpaired) electrons. The van der Waals surface area contributed by atoms with Gasteiger partial charge in [-0.25, -0.2) is 4.57 Å². The Bertz CT molecular complexity index is 882. The van der Waals surface area contributed by atoms with Crippen molar-refractivity contribution in [3.8, 4) is 11.5 Å². The van der Waals surface area contributed by atoms with E-state index in [0.717, 1.165) is 0 Å². The Hall–Kier alpha value is -2.90. The number of para-hydroxylation sites is 1. The molecule has 2 aromatic carbocycles. The maximum atomic E-state index is 13.3. The Morgan fingerprint density at radius 1 is 1.07 bits per heavy atom. The number of nitrogens with zero attached hydrogens (tertiary/aromatic N) is 1. The van der Waals surface area contributed by atoms with E-state index in [0.29, 0.717) is 6.42 Å². The Morgan fingerprint density at radius 3 is 2.07 bits per heavy atom. The summed E-state index contributed by atoms with van der Waals surface area (Å²) in [5.74, 6) is -0.861. The molecule has 1 fully saturated rings. The van der Waals surface area contributed by atoms with Gasteiger partial charge in [0.15, 0.2) is 0 Å². The lowest BCUT2D eigenvalue weighted by Gasteiger charge is -2.39. The first-order valence-corrected chi connectivity index (χ1v) is 9.68. The van der Waals surface area contributed by atoms with Crippen LogP contribution in [-0.2, 0) is 9.36 Å². The van der Waals surface area contributed by atoms with Crippen molar-refractivity contribution in [1.82, 2.24) is 5.09 Å². The quantitative estimate of drug-likeness (QED) is 0.395. The van der Waals surface area contributed by atoms with E-state index in [1.54, 1.807) is 30.3 Å². The minimum atomic E-state index is -4.14. The zero-order valence-corrected chi connectivity index (χ0v) is 15.0. The lowest BCUT2D eigenvalue weighted by molar-refractivity contribution is -0.384. The monoisotopic (exact) mass is 392 g/mol. The number of nitro benzene ring substituents is 1. The van der Waals surface area contributed by atoms with Gasteiger partial charge in [-0.2, -0.15) is 5.09 Å². The van der Waals surface area contributed by atoms with E-state index in [-0.39, 0.29) is 30.0 Å². The van der Waals surface area contributed by atoms with Crippen molar-refractivity contribution >= 4 is 19.4 Å². The third-order valence-electron chi connectivity index (χ3n) is 4.21. The van der Waals surface area contributed by atoms with Gasteiger partial charge >= 0.3 is 13.7 Å². The zero-order chi connectivity index (χ0) is 19.5. The molecule has 2 N–H and O–H groups in total. The highest BCUT2D eigenvalue weighted by atomic mass is 31.2. The van der Waals surface area contributed by atoms with E-state index in [9.17, 15) is 24.6 Å². The van der Waals surface area contributed by atoms with Crippen molar-refractivity contribution < 1.29 is 28.4 Å². The molecule has 0 aromatic heterocycles. The molecule has 27 heavy (non-hydrogen) atoms. The fourth-order valence-electron chi connectivity index (χ4n) is 2.62. The van der Waals surface area contributed by atoms with Gasteiger partial charge in [0.2, 0.25) is 0 Å². The summed E-state index contributed by atoms with van der Waals surface area (Å²) < 4.78 is 24.3. The van der Waals surface area contributed by atoms with Gasteiger partial charge in [0, 0.05) is 12.1 Å². The molecule has 3 rings (SSSR count). The summed E-state index contributed by atoms with van der Waals surface area (Å²) in [5, 5.41) is 22.8. The second kappa shape index (κ2) is 7.38. The van der Waals surface area contributed by atoms with Gasteiger partial charge < -0.3 is 14.2 Å². The van der Waals surface area contributed by atoms with Gasteiger partial charge in [-0.05, 0) is 43.5 Å². The van der Waals surface area contributed by atoms with E-state index in [2.05, 4.69) is 5.09 Å². The summed E-state index contributed by atoms with van der Waals surface area (Å²) in [6.45, 7) is 0. The number of benzene rings is 2. The van der Waals surface area contributed by atoms with E-state index < -0.39 is 24.2 Å². The Balaban J connectivity index is 1.88. The number of carboxylic acids is 1. The fourth-order valence-corrected chi connectivity index (χ4v) is 4.39. The average Bonchev–Trinajstić information content (AvgIpc) is 2.59. The van der Waals surface area contributed by atoms with Crippen molar-refractivity contribution in [2.45, 2.75) is 24.8 Å². The topological polar surface area (TPSA) is 128 Å². The molecule has 1 aliphatic carbocycles. The predicted molar refractivity (Wildman–Crippen MR) is 95.8 cm³/mol. The van der Waals surface area contributed by atoms with Crippen molar-refractivity contribution in [2.24, 2.45) is 0 Å². The van der Waals surface area contributed by atoms with Crippen molar-refractivity contribution in [2.75, 3.05) is 0 Å². The molecule has 142 valence electrons. The number of nitro groups is 1. The van der Waals surface area contributed by atoms with Crippen LogP contribution < -0.4 is 14.1 Å². The maximum Gasteiger partial charge on any atom is 0.513 e. The number of rotatable bonds is 8. The SMILES string of the molecule is O=C(O)C1(NP(=O)(Oc2ccccc2)Oc2ccc([N+](=O)[O-])cc2)CCC1. The number of carbonyl (C=O) groups is 1. The molecule has 0 amide bonds. The molecule has 0 spiro atoms. The second-order valence-electron chi connectivity index (χ2n) is 6.10. The largest absolute Gasteiger partial charge is 0.513 e. The molecule has 0 saturated heterocycles. The van der Waals surface area contributed by atoms with Crippen LogP contribution in [0.1, 0.15) is 19.3 Å². The van der Waals surface area contributed by atoms with Crippen molar-refractivity contribution in [3.63, 3.8) is 0 Å². The minimum absolute atomic E-state index is 0.0484. The summed E-state index contributed by atoms with van der Waals surface area (Å²) in [7, 11) is -4.14. The second-order valence-corrected chi connectivity index (χ2v) is 7.68. The molecule has 1 atom stereocenters. The lowest BCUT2D eigenvalue weighted by atomic mass is 9.78. The van der Waals surface area contributed by atoms with E-state index >= 15 is 0 Å². The highest BCUT2D eigenvalue weighted by Gasteiger charge is 2.51. The number of carboxylic acid groups (broad SMARTS) is 1. The van der Waals surface area contributed by atoms with Crippen LogP contribution in [0.25, 0.3) is 0 Å². The zero-order valence-electron chi connectivity index (χ0n) is 14.1. The van der Waals surface area contributed by atoms with E-state index in [1.165, 1.54) is 24.3 Å². The van der Waals surface area contributed by atoms with Crippen LogP contribution in [0, 0.1) is 10.1 Å². The van der Waals surface area contributed by atoms with Crippen LogP contribution in [0.4, 0.5) is 5.69 Å². The fraction of sp³-hybridized carbons (Fsp3) is 0.235. The first-order chi connectivity index (χ1) is 12.8. The summed E-state index contributed by atoms with van der Waals surface area (Å²) in [5.41, 5.74) is -1.56. The molecular formula is C17H17N2O7P. The third-order valence-corrected chi connectivity index (χ3v) is 5.81. The van der Waals surface area contributed by atoms with Crippen LogP contribution in [0.3, 0.4) is 0 Å². The van der Waals surface area contributed by atoms with Crippen LogP contribution in [0.5, 0.6) is 11.5 Å². The van der Waals surface area contributed by atoms with E-state index in [1.807, 2.05) is 0 Å². The third kappa shape index (κ3) is 4.27. The number of non-ortho nitro benzene ring substituents is 1. The molecule has 1 aliphatic rings. The Kier molecular flexibility index (Phi) is 5.16. The molecule has 10 heteroatoms. The van der Waals surface area contributed by atoms with Gasteiger partial charge in [-0.15, -0.1) is 0 Å². The minimum Gasteiger partial charge on any atom is -0.480 e. The molecule has 1 saturated carbocycles. The summed E-state index contributed by atoms with van der Waals surface area (Å²) in [6, 6.07) is 13.1. The predicted octanol–water partition coefficient (Wildman–Crippen LogP) is 3.76. The average molecular weight is 392 g/mol. The molecule has 0 bridgehead atoms. The summed E-state index contributed by atoms with van der Waals surface area (Å²) in [4.78, 5) is 21.8. The molecule has 0 aliphatic heterocycles. The standard InChI is InChI=1S/C17H17N2O7P/c20-16(21)17(11-4-12-17)18-27(24,25-14-5-2-1-3-6-14)26-15-9-7-13(8-10-15)19(22)23/h1-3,5-10H,4,11-12H2,(H,18,24)(H,20,21). The molecule has 2 aromatic rings. The van der Waals surface area contributed by atoms with Gasteiger partial charge in [0.05, 0.1) is 4.92 Å². The summed E-state index contributed by atoms with van der Waals surface area (Å²) >= 11 is 0.